The van der Waals surface area contributed by atoms with E-state index in [0.717, 1.165) is 88.0 Å². The fourth-order valence-electron chi connectivity index (χ4n) is 7.07. The molecule has 7 aromatic carbocycles. The molecule has 3 nitrogen and oxygen atoms in total. The maximum atomic E-state index is 6.39. The normalized spacial score (nSPS) is 11.6. The number of aromatic nitrogens is 2. The van der Waals surface area contributed by atoms with Crippen molar-refractivity contribution in [2.24, 2.45) is 0 Å². The molecule has 3 aromatic heterocycles. The highest BCUT2D eigenvalue weighted by Gasteiger charge is 2.18. The number of para-hydroxylation sites is 2. The molecule has 10 rings (SSSR count). The van der Waals surface area contributed by atoms with Crippen LogP contribution in [0.4, 0.5) is 0 Å². The summed E-state index contributed by atoms with van der Waals surface area (Å²) >= 11 is 1.76. The summed E-state index contributed by atoms with van der Waals surface area (Å²) < 4.78 is 8.69. The highest BCUT2D eigenvalue weighted by Crippen LogP contribution is 2.41. The van der Waals surface area contributed by atoms with Crippen LogP contribution in [0, 0.1) is 0 Å². The highest BCUT2D eigenvalue weighted by molar-refractivity contribution is 7.26. The molecule has 0 aliphatic heterocycles. The van der Waals surface area contributed by atoms with Gasteiger partial charge in [-0.1, -0.05) is 140 Å². The lowest BCUT2D eigenvalue weighted by Crippen LogP contribution is -1.94. The summed E-state index contributed by atoms with van der Waals surface area (Å²) in [5, 5.41) is 3.42. The summed E-state index contributed by atoms with van der Waals surface area (Å²) in [4.78, 5) is 10.5. The molecule has 0 saturated carbocycles. The zero-order valence-electron chi connectivity index (χ0n) is 26.9. The molecule has 234 valence electrons. The van der Waals surface area contributed by atoms with Crippen LogP contribution in [-0.2, 0) is 0 Å². The fraction of sp³-hybridized carbons (Fsp3) is 0. The smallest absolute Gasteiger partial charge is 0.160 e. The van der Waals surface area contributed by atoms with Gasteiger partial charge in [0.1, 0.15) is 11.2 Å². The Hall–Kier alpha value is -6.36. The van der Waals surface area contributed by atoms with Crippen LogP contribution in [0.5, 0.6) is 0 Å². The van der Waals surface area contributed by atoms with Crippen molar-refractivity contribution < 1.29 is 4.42 Å². The molecule has 0 amide bonds. The van der Waals surface area contributed by atoms with E-state index in [-0.39, 0.29) is 0 Å². The van der Waals surface area contributed by atoms with E-state index in [1.165, 1.54) is 10.3 Å². The zero-order valence-corrected chi connectivity index (χ0v) is 27.7. The van der Waals surface area contributed by atoms with Crippen LogP contribution in [0.15, 0.2) is 174 Å². The molecule has 0 unspecified atom stereocenters. The molecule has 0 N–H and O–H groups in total. The minimum absolute atomic E-state index is 0.722. The summed E-state index contributed by atoms with van der Waals surface area (Å²) in [5.74, 6) is 0.722. The van der Waals surface area contributed by atoms with Gasteiger partial charge in [0, 0.05) is 37.5 Å². The van der Waals surface area contributed by atoms with E-state index in [1.54, 1.807) is 11.3 Å². The lowest BCUT2D eigenvalue weighted by atomic mass is 9.96. The van der Waals surface area contributed by atoms with Gasteiger partial charge in [-0.2, -0.15) is 0 Å². The highest BCUT2D eigenvalue weighted by atomic mass is 32.1. The monoisotopic (exact) mass is 656 g/mol. The van der Waals surface area contributed by atoms with Crippen LogP contribution in [0.25, 0.3) is 98.3 Å². The van der Waals surface area contributed by atoms with E-state index in [4.69, 9.17) is 14.4 Å². The standard InChI is InChI=1S/C46H28N2OS/c1-2-12-29(13-3-1)30-14-10-19-35(28-30)46-47-42(45-43(48-46)39-21-5-7-25-41(39)50-45)34-18-9-16-32(27-34)31-15-8-17-33(26-31)36-22-11-23-38-37-20-4-6-24-40(37)49-44(36)38/h1-28H. The quantitative estimate of drug-likeness (QED) is 0.185. The third-order valence-electron chi connectivity index (χ3n) is 9.49. The minimum atomic E-state index is 0.722. The van der Waals surface area contributed by atoms with Crippen molar-refractivity contribution in [3.63, 3.8) is 0 Å². The largest absolute Gasteiger partial charge is 0.455 e. The number of hydrogen-bond acceptors (Lipinski definition) is 4. The van der Waals surface area contributed by atoms with E-state index >= 15 is 0 Å². The molecule has 0 fully saturated rings. The molecule has 10 aromatic rings. The van der Waals surface area contributed by atoms with Crippen molar-refractivity contribution in [2.75, 3.05) is 0 Å². The van der Waals surface area contributed by atoms with Gasteiger partial charge in [0.2, 0.25) is 0 Å². The third kappa shape index (κ3) is 4.80. The topological polar surface area (TPSA) is 38.9 Å². The van der Waals surface area contributed by atoms with Crippen LogP contribution in [0.2, 0.25) is 0 Å². The summed E-state index contributed by atoms with van der Waals surface area (Å²) in [6.07, 6.45) is 0. The molecule has 0 saturated heterocycles. The van der Waals surface area contributed by atoms with Gasteiger partial charge in [0.25, 0.3) is 0 Å². The number of rotatable bonds is 5. The van der Waals surface area contributed by atoms with Gasteiger partial charge >= 0.3 is 0 Å². The van der Waals surface area contributed by atoms with Crippen molar-refractivity contribution in [2.45, 2.75) is 0 Å². The van der Waals surface area contributed by atoms with Crippen molar-refractivity contribution in [3.8, 4) is 56.0 Å². The molecule has 0 bridgehead atoms. The van der Waals surface area contributed by atoms with Gasteiger partial charge in [0.05, 0.1) is 15.9 Å². The third-order valence-corrected chi connectivity index (χ3v) is 10.7. The molecular formula is C46H28N2OS. The van der Waals surface area contributed by atoms with E-state index in [2.05, 4.69) is 152 Å². The first-order valence-electron chi connectivity index (χ1n) is 16.7. The van der Waals surface area contributed by atoms with E-state index in [0.29, 0.717) is 0 Å². The van der Waals surface area contributed by atoms with E-state index in [1.807, 2.05) is 18.2 Å². The zero-order chi connectivity index (χ0) is 33.0. The molecule has 0 atom stereocenters. The average Bonchev–Trinajstić information content (AvgIpc) is 3.77. The molecule has 0 aliphatic rings. The SMILES string of the molecule is c1ccc(-c2cccc(-c3nc(-c4cccc(-c5cccc(-c6cccc7c6oc6ccccc67)c5)c4)c4sc5ccccc5c4n3)c2)cc1. The fourth-order valence-corrected chi connectivity index (χ4v) is 8.22. The molecule has 0 aliphatic carbocycles. The average molecular weight is 657 g/mol. The number of fused-ring (bicyclic) bond motifs is 6. The Balaban J connectivity index is 1.11. The summed E-state index contributed by atoms with van der Waals surface area (Å²) in [6.45, 7) is 0. The molecule has 0 radical (unpaired) electrons. The first kappa shape index (κ1) is 28.6. The number of benzene rings is 7. The van der Waals surface area contributed by atoms with Crippen LogP contribution in [0.1, 0.15) is 0 Å². The Labute approximate surface area is 292 Å². The van der Waals surface area contributed by atoms with Gasteiger partial charge in [-0.15, -0.1) is 11.3 Å². The van der Waals surface area contributed by atoms with Gasteiger partial charge in [-0.05, 0) is 58.1 Å². The Kier molecular flexibility index (Phi) is 6.68. The molecule has 3 heterocycles. The summed E-state index contributed by atoms with van der Waals surface area (Å²) in [5.41, 5.74) is 12.6. The minimum Gasteiger partial charge on any atom is -0.455 e. The lowest BCUT2D eigenvalue weighted by Gasteiger charge is -2.11. The van der Waals surface area contributed by atoms with Gasteiger partial charge in [0.15, 0.2) is 5.82 Å². The second-order valence-corrected chi connectivity index (χ2v) is 13.6. The second kappa shape index (κ2) is 11.7. The summed E-state index contributed by atoms with van der Waals surface area (Å²) in [6, 6.07) is 59.6. The van der Waals surface area contributed by atoms with Crippen molar-refractivity contribution in [1.82, 2.24) is 9.97 Å². The summed E-state index contributed by atoms with van der Waals surface area (Å²) in [7, 11) is 0. The first-order chi connectivity index (χ1) is 24.8. The van der Waals surface area contributed by atoms with E-state index < -0.39 is 0 Å². The molecular weight excluding hydrogens is 629 g/mol. The van der Waals surface area contributed by atoms with Crippen LogP contribution < -0.4 is 0 Å². The van der Waals surface area contributed by atoms with Gasteiger partial charge in [-0.25, -0.2) is 9.97 Å². The van der Waals surface area contributed by atoms with Crippen molar-refractivity contribution >= 4 is 53.6 Å². The first-order valence-corrected chi connectivity index (χ1v) is 17.6. The van der Waals surface area contributed by atoms with Crippen LogP contribution in [-0.4, -0.2) is 9.97 Å². The molecule has 4 heteroatoms. The Bertz CT molecular complexity index is 2880. The predicted octanol–water partition coefficient (Wildman–Crippen LogP) is 13.1. The van der Waals surface area contributed by atoms with Gasteiger partial charge in [-0.3, -0.25) is 0 Å². The second-order valence-electron chi connectivity index (χ2n) is 12.6. The van der Waals surface area contributed by atoms with Crippen molar-refractivity contribution in [1.29, 1.82) is 0 Å². The Morgan fingerprint density at radius 1 is 0.420 bits per heavy atom. The molecule has 50 heavy (non-hydrogen) atoms. The van der Waals surface area contributed by atoms with Gasteiger partial charge < -0.3 is 4.42 Å². The Morgan fingerprint density at radius 3 is 1.84 bits per heavy atom. The Morgan fingerprint density at radius 2 is 1.00 bits per heavy atom. The predicted molar refractivity (Wildman–Crippen MR) is 209 cm³/mol. The maximum absolute atomic E-state index is 6.39. The van der Waals surface area contributed by atoms with Crippen LogP contribution in [0.3, 0.4) is 0 Å². The van der Waals surface area contributed by atoms with Crippen LogP contribution >= 0.6 is 11.3 Å². The molecule has 0 spiro atoms. The number of hydrogen-bond donors (Lipinski definition) is 0. The number of furan rings is 1. The van der Waals surface area contributed by atoms with E-state index in [9.17, 15) is 0 Å². The number of thiophene rings is 1. The lowest BCUT2D eigenvalue weighted by molar-refractivity contribution is 0.670. The van der Waals surface area contributed by atoms with Crippen molar-refractivity contribution in [3.05, 3.63) is 170 Å². The number of nitrogens with zero attached hydrogens (tertiary/aromatic N) is 2. The maximum Gasteiger partial charge on any atom is 0.160 e.